The number of hydrogen-bond acceptors (Lipinski definition) is 4. The van der Waals surface area contributed by atoms with Gasteiger partial charge in [-0.1, -0.05) is 24.3 Å². The number of benzene rings is 1. The number of aromatic nitrogens is 2. The van der Waals surface area contributed by atoms with Crippen LogP contribution in [0, 0.1) is 0 Å². The molecule has 1 heterocycles. The first-order valence-corrected chi connectivity index (χ1v) is 9.55. The molecule has 6 nitrogen and oxygen atoms in total. The molecule has 1 aromatic heterocycles. The topological polar surface area (TPSA) is 78.1 Å². The quantitative estimate of drug-likeness (QED) is 0.812. The Morgan fingerprint density at radius 2 is 1.75 bits per heavy atom. The lowest BCUT2D eigenvalue weighted by atomic mass is 9.92. The van der Waals surface area contributed by atoms with Gasteiger partial charge < -0.3 is 0 Å². The van der Waals surface area contributed by atoms with Crippen molar-refractivity contribution in [1.82, 2.24) is 9.13 Å². The second-order valence-corrected chi connectivity index (χ2v) is 8.60. The molecule has 1 aromatic carbocycles. The average molecular weight is 348 g/mol. The summed E-state index contributed by atoms with van der Waals surface area (Å²) in [7, 11) is -0.591. The molecule has 0 radical (unpaired) electrons. The summed E-state index contributed by atoms with van der Waals surface area (Å²) in [5, 5.41) is -0.480. The zero-order valence-electron chi connectivity index (χ0n) is 13.7. The van der Waals surface area contributed by atoms with Crippen LogP contribution in [-0.4, -0.2) is 22.8 Å². The van der Waals surface area contributed by atoms with Gasteiger partial charge in [-0.3, -0.25) is 13.9 Å². The molecule has 0 N–H and O–H groups in total. The van der Waals surface area contributed by atoms with E-state index in [0.717, 1.165) is 16.6 Å². The third-order valence-corrected chi connectivity index (χ3v) is 6.90. The Labute approximate surface area is 140 Å². The van der Waals surface area contributed by atoms with E-state index in [1.807, 2.05) is 24.3 Å². The minimum absolute atomic E-state index is 0.238. The fourth-order valence-electron chi connectivity index (χ4n) is 3.21. The molecule has 3 rings (SSSR count). The molecule has 128 valence electrons. The second kappa shape index (κ2) is 6.05. The molecule has 1 unspecified atom stereocenters. The van der Waals surface area contributed by atoms with Crippen molar-refractivity contribution in [1.29, 1.82) is 0 Å². The highest BCUT2D eigenvalue weighted by Gasteiger charge is 2.30. The number of fused-ring (bicyclic) bond motifs is 1. The lowest BCUT2D eigenvalue weighted by molar-refractivity contribution is 0.557. The van der Waals surface area contributed by atoms with E-state index in [9.17, 15) is 18.0 Å². The fourth-order valence-corrected chi connectivity index (χ4v) is 5.05. The van der Waals surface area contributed by atoms with Crippen LogP contribution >= 0.6 is 0 Å². The minimum atomic E-state index is -3.46. The Bertz CT molecular complexity index is 1000. The van der Waals surface area contributed by atoms with E-state index < -0.39 is 26.3 Å². The van der Waals surface area contributed by atoms with E-state index in [4.69, 9.17) is 0 Å². The molecule has 2 aromatic rings. The van der Waals surface area contributed by atoms with E-state index in [2.05, 4.69) is 0 Å². The number of rotatable bonds is 3. The molecule has 0 saturated heterocycles. The van der Waals surface area contributed by atoms with Crippen LogP contribution in [0.2, 0.25) is 0 Å². The number of aryl methyl sites for hydroxylation is 1. The van der Waals surface area contributed by atoms with E-state index in [1.54, 1.807) is 0 Å². The SMILES string of the molecule is Cn1c(CS(=O)(=O)C2CCc3ccccc3C2)cc(=O)n(C)c1=O. The first-order chi connectivity index (χ1) is 11.3. The van der Waals surface area contributed by atoms with Gasteiger partial charge in [-0.15, -0.1) is 0 Å². The summed E-state index contributed by atoms with van der Waals surface area (Å²) in [6, 6.07) is 9.10. The molecule has 1 aliphatic carbocycles. The molecular formula is C17H20N2O4S. The lowest BCUT2D eigenvalue weighted by Gasteiger charge is -2.24. The van der Waals surface area contributed by atoms with Crippen molar-refractivity contribution < 1.29 is 8.42 Å². The molecular weight excluding hydrogens is 328 g/mol. The summed E-state index contributed by atoms with van der Waals surface area (Å²) in [5.74, 6) is -0.290. The molecule has 0 bridgehead atoms. The van der Waals surface area contributed by atoms with Gasteiger partial charge in [0.2, 0.25) is 0 Å². The van der Waals surface area contributed by atoms with Gasteiger partial charge in [-0.05, 0) is 30.4 Å². The van der Waals surface area contributed by atoms with E-state index >= 15 is 0 Å². The lowest BCUT2D eigenvalue weighted by Crippen LogP contribution is -2.39. The van der Waals surface area contributed by atoms with Crippen LogP contribution in [0.3, 0.4) is 0 Å². The third kappa shape index (κ3) is 2.96. The molecule has 1 aliphatic rings. The van der Waals surface area contributed by atoms with Gasteiger partial charge in [-0.2, -0.15) is 0 Å². The smallest absolute Gasteiger partial charge is 0.300 e. The maximum Gasteiger partial charge on any atom is 0.330 e. The van der Waals surface area contributed by atoms with Crippen molar-refractivity contribution in [2.45, 2.75) is 30.3 Å². The Morgan fingerprint density at radius 3 is 2.46 bits per heavy atom. The zero-order valence-corrected chi connectivity index (χ0v) is 14.5. The van der Waals surface area contributed by atoms with E-state index in [0.29, 0.717) is 12.8 Å². The van der Waals surface area contributed by atoms with Crippen LogP contribution in [0.4, 0.5) is 0 Å². The third-order valence-electron chi connectivity index (χ3n) is 4.78. The van der Waals surface area contributed by atoms with Crippen LogP contribution in [0.25, 0.3) is 0 Å². The van der Waals surface area contributed by atoms with Crippen molar-refractivity contribution in [2.24, 2.45) is 14.1 Å². The first-order valence-electron chi connectivity index (χ1n) is 7.84. The van der Waals surface area contributed by atoms with Gasteiger partial charge in [0.1, 0.15) is 0 Å². The molecule has 0 spiro atoms. The van der Waals surface area contributed by atoms with Gasteiger partial charge in [0.25, 0.3) is 5.56 Å². The van der Waals surface area contributed by atoms with Crippen molar-refractivity contribution >= 4 is 9.84 Å². The highest BCUT2D eigenvalue weighted by molar-refractivity contribution is 7.91. The van der Waals surface area contributed by atoms with Gasteiger partial charge in [0, 0.05) is 25.9 Å². The maximum atomic E-state index is 12.8. The predicted octanol–water partition coefficient (Wildman–Crippen LogP) is 0.556. The summed E-state index contributed by atoms with van der Waals surface area (Å²) in [4.78, 5) is 23.8. The van der Waals surface area contributed by atoms with Crippen LogP contribution in [0.1, 0.15) is 23.2 Å². The number of nitrogens with zero attached hydrogens (tertiary/aromatic N) is 2. The summed E-state index contributed by atoms with van der Waals surface area (Å²) < 4.78 is 27.8. The van der Waals surface area contributed by atoms with Crippen LogP contribution < -0.4 is 11.2 Å². The van der Waals surface area contributed by atoms with Crippen LogP contribution in [0.5, 0.6) is 0 Å². The molecule has 7 heteroatoms. The second-order valence-electron chi connectivity index (χ2n) is 6.32. The summed E-state index contributed by atoms with van der Waals surface area (Å²) in [6.45, 7) is 0. The Hall–Kier alpha value is -2.15. The zero-order chi connectivity index (χ0) is 17.5. The molecule has 0 amide bonds. The van der Waals surface area contributed by atoms with E-state index in [-0.39, 0.29) is 11.4 Å². The predicted molar refractivity (Wildman–Crippen MR) is 91.8 cm³/mol. The summed E-state index contributed by atoms with van der Waals surface area (Å²) in [5.41, 5.74) is 1.50. The van der Waals surface area contributed by atoms with Gasteiger partial charge >= 0.3 is 5.69 Å². The highest BCUT2D eigenvalue weighted by atomic mass is 32.2. The standard InChI is InChI=1S/C17H20N2O4S/c1-18-14(10-16(20)19(2)17(18)21)11-24(22,23)15-8-7-12-5-3-4-6-13(12)9-15/h3-6,10,15H,7-9,11H2,1-2H3. The molecule has 24 heavy (non-hydrogen) atoms. The maximum absolute atomic E-state index is 12.8. The molecule has 0 saturated carbocycles. The normalized spacial score (nSPS) is 17.5. The van der Waals surface area contributed by atoms with Crippen LogP contribution in [0.15, 0.2) is 39.9 Å². The monoisotopic (exact) mass is 348 g/mol. The first kappa shape index (κ1) is 16.7. The Kier molecular flexibility index (Phi) is 4.21. The van der Waals surface area contributed by atoms with Crippen molar-refractivity contribution in [2.75, 3.05) is 0 Å². The average Bonchev–Trinajstić information content (AvgIpc) is 2.57. The minimum Gasteiger partial charge on any atom is -0.300 e. The fraction of sp³-hybridized carbons (Fsp3) is 0.412. The summed E-state index contributed by atoms with van der Waals surface area (Å²) in [6.07, 6.45) is 1.78. The van der Waals surface area contributed by atoms with Crippen molar-refractivity contribution in [3.05, 3.63) is 68.0 Å². The van der Waals surface area contributed by atoms with Gasteiger partial charge in [-0.25, -0.2) is 13.2 Å². The van der Waals surface area contributed by atoms with Gasteiger partial charge in [0.15, 0.2) is 9.84 Å². The summed E-state index contributed by atoms with van der Waals surface area (Å²) >= 11 is 0. The Morgan fingerprint density at radius 1 is 1.08 bits per heavy atom. The van der Waals surface area contributed by atoms with Gasteiger partial charge in [0.05, 0.1) is 11.0 Å². The number of sulfone groups is 1. The highest BCUT2D eigenvalue weighted by Crippen LogP contribution is 2.26. The largest absolute Gasteiger partial charge is 0.330 e. The molecule has 0 fully saturated rings. The Balaban J connectivity index is 1.91. The van der Waals surface area contributed by atoms with Crippen molar-refractivity contribution in [3.8, 4) is 0 Å². The number of hydrogen-bond donors (Lipinski definition) is 0. The van der Waals surface area contributed by atoms with Crippen molar-refractivity contribution in [3.63, 3.8) is 0 Å². The molecule has 1 atom stereocenters. The van der Waals surface area contributed by atoms with Crippen LogP contribution in [-0.2, 0) is 42.5 Å². The molecule has 0 aliphatic heterocycles. The van der Waals surface area contributed by atoms with E-state index in [1.165, 1.54) is 30.3 Å².